The van der Waals surface area contributed by atoms with E-state index in [2.05, 4.69) is 9.97 Å². The van der Waals surface area contributed by atoms with E-state index in [-0.39, 0.29) is 54.0 Å². The van der Waals surface area contributed by atoms with Gasteiger partial charge in [0, 0.05) is 36.9 Å². The van der Waals surface area contributed by atoms with Crippen LogP contribution in [0.2, 0.25) is 0 Å². The maximum absolute atomic E-state index is 13.4. The quantitative estimate of drug-likeness (QED) is 0.178. The van der Waals surface area contributed by atoms with Gasteiger partial charge in [-0.3, -0.25) is 0 Å². The number of cyclic esters (lactones) is 2. The van der Waals surface area contributed by atoms with Crippen LogP contribution in [0.15, 0.2) is 100 Å². The average Bonchev–Trinajstić information content (AvgIpc) is 3.96. The van der Waals surface area contributed by atoms with Crippen LogP contribution in [0.3, 0.4) is 0 Å². The summed E-state index contributed by atoms with van der Waals surface area (Å²) in [4.78, 5) is 35.3. The SMILES string of the molecule is C/C=C/[C@H](O)C(C)(C)[C@@H]1C/C=C\[C@@H]2O[C@@H]2/C=C/[C@H](OC)Cc2nc(co2)C(=O)O[C@@H](C(C)(C)[C@@H](O)/C=C/C)C/C=C\[C@@H]2O[C@@H]2/C=C/C=C\c2nc(co2)C(=O)O1. The molecule has 302 valence electrons. The zero-order valence-corrected chi connectivity index (χ0v) is 33.0. The molecule has 0 spiro atoms. The number of ether oxygens (including phenoxy) is 5. The number of rotatable bonds is 7. The second kappa shape index (κ2) is 19.0. The molecule has 2 saturated heterocycles. The lowest BCUT2D eigenvalue weighted by atomic mass is 9.79. The summed E-state index contributed by atoms with van der Waals surface area (Å²) in [6.07, 6.45) is 24.1. The van der Waals surface area contributed by atoms with Crippen LogP contribution in [0.4, 0.5) is 0 Å². The molecule has 13 heteroatoms. The van der Waals surface area contributed by atoms with E-state index in [1.807, 2.05) is 84.1 Å². The zero-order valence-electron chi connectivity index (χ0n) is 33.0. The minimum atomic E-state index is -0.884. The number of esters is 2. The Morgan fingerprint density at radius 3 is 1.80 bits per heavy atom. The molecule has 3 aliphatic heterocycles. The summed E-state index contributed by atoms with van der Waals surface area (Å²) in [5, 5.41) is 21.9. The fourth-order valence-electron chi connectivity index (χ4n) is 6.10. The van der Waals surface area contributed by atoms with E-state index in [4.69, 9.17) is 32.5 Å². The van der Waals surface area contributed by atoms with E-state index in [1.54, 1.807) is 49.6 Å². The number of oxazole rings is 2. The normalized spacial score (nSPS) is 30.9. The lowest BCUT2D eigenvalue weighted by molar-refractivity contribution is -0.0461. The van der Waals surface area contributed by atoms with E-state index in [0.717, 1.165) is 0 Å². The summed E-state index contributed by atoms with van der Waals surface area (Å²) < 4.78 is 40.3. The number of fused-ring (bicyclic) bond motifs is 6. The van der Waals surface area contributed by atoms with Gasteiger partial charge in [0.2, 0.25) is 5.89 Å². The number of allylic oxidation sites excluding steroid dienone is 4. The molecule has 0 unspecified atom stereocenters. The van der Waals surface area contributed by atoms with Crippen molar-refractivity contribution in [2.45, 2.75) is 116 Å². The number of carbonyl (C=O) groups excluding carboxylic acids is 2. The molecule has 3 aliphatic rings. The molecule has 5 heterocycles. The first kappa shape index (κ1) is 42.5. The van der Waals surface area contributed by atoms with Gasteiger partial charge < -0.3 is 42.7 Å². The third-order valence-electron chi connectivity index (χ3n) is 10.2. The molecule has 56 heavy (non-hydrogen) atoms. The zero-order chi connectivity index (χ0) is 40.5. The van der Waals surface area contributed by atoms with E-state index < -0.39 is 53.3 Å². The van der Waals surface area contributed by atoms with Crippen LogP contribution in [0.1, 0.15) is 87.1 Å². The Morgan fingerprint density at radius 2 is 1.25 bits per heavy atom. The minimum absolute atomic E-state index is 0.00381. The van der Waals surface area contributed by atoms with Gasteiger partial charge in [-0.2, -0.15) is 0 Å². The van der Waals surface area contributed by atoms with Gasteiger partial charge in [0.15, 0.2) is 17.3 Å². The number of methoxy groups -OCH3 is 1. The molecule has 0 amide bonds. The number of aliphatic hydroxyl groups is 2. The molecule has 0 aliphatic carbocycles. The molecule has 2 aromatic rings. The second-order valence-electron chi connectivity index (χ2n) is 15.1. The van der Waals surface area contributed by atoms with Crippen LogP contribution in [0.25, 0.3) is 6.08 Å². The van der Waals surface area contributed by atoms with Crippen molar-refractivity contribution in [1.29, 1.82) is 0 Å². The molecule has 2 fully saturated rings. The number of hydrogen-bond donors (Lipinski definition) is 2. The van der Waals surface area contributed by atoms with Crippen LogP contribution >= 0.6 is 0 Å². The smallest absolute Gasteiger partial charge is 0.360 e. The number of epoxide rings is 2. The molecule has 9 atom stereocenters. The predicted molar refractivity (Wildman–Crippen MR) is 207 cm³/mol. The Morgan fingerprint density at radius 1 is 0.732 bits per heavy atom. The Hall–Kier alpha value is -4.66. The van der Waals surface area contributed by atoms with E-state index in [1.165, 1.54) is 12.5 Å². The summed E-state index contributed by atoms with van der Waals surface area (Å²) in [7, 11) is 1.56. The topological polar surface area (TPSA) is 179 Å². The maximum Gasteiger partial charge on any atom is 0.360 e. The molecular formula is C43H54N2O11. The van der Waals surface area contributed by atoms with E-state index >= 15 is 0 Å². The van der Waals surface area contributed by atoms with Gasteiger partial charge in [0.25, 0.3) is 0 Å². The number of aliphatic hydroxyl groups excluding tert-OH is 2. The summed E-state index contributed by atoms with van der Waals surface area (Å²) in [5.74, 6) is -0.844. The third-order valence-corrected chi connectivity index (χ3v) is 10.2. The Labute approximate surface area is 328 Å². The first-order valence-corrected chi connectivity index (χ1v) is 18.9. The first-order chi connectivity index (χ1) is 26.8. The van der Waals surface area contributed by atoms with Gasteiger partial charge in [-0.05, 0) is 13.8 Å². The largest absolute Gasteiger partial charge is 0.457 e. The first-order valence-electron chi connectivity index (χ1n) is 18.9. The Balaban J connectivity index is 1.37. The van der Waals surface area contributed by atoms with Crippen molar-refractivity contribution in [3.05, 3.63) is 115 Å². The summed E-state index contributed by atoms with van der Waals surface area (Å²) in [6, 6.07) is 0. The van der Waals surface area contributed by atoms with Gasteiger partial charge in [-0.25, -0.2) is 19.6 Å². The fraction of sp³-hybridized carbons (Fsp3) is 0.488. The summed E-state index contributed by atoms with van der Waals surface area (Å²) in [6.45, 7) is 11.0. The molecular weight excluding hydrogens is 720 g/mol. The van der Waals surface area contributed by atoms with Crippen molar-refractivity contribution in [3.63, 3.8) is 0 Å². The molecule has 0 aromatic carbocycles. The van der Waals surface area contributed by atoms with Gasteiger partial charge in [-0.1, -0.05) is 107 Å². The van der Waals surface area contributed by atoms with Crippen LogP contribution in [0, 0.1) is 10.8 Å². The van der Waals surface area contributed by atoms with Gasteiger partial charge >= 0.3 is 11.9 Å². The highest BCUT2D eigenvalue weighted by molar-refractivity contribution is 5.87. The standard InChI is InChI=1S/C43H54N2O11/c1-8-14-34(46)42(3,4)36-20-13-18-32-33(54-32)23-22-27(50-7)24-39-45-29(26-52-39)41(49)56-37(43(5,6)35(47)15-9-2)19-12-17-31-30(53-31)16-10-11-21-38-44-28(25-51-38)40(48)55-36/h8-18,21-23,25-27,30-37,46-47H,19-20,24H2,1-7H3/b14-8+,15-9+,16-10+,17-12-,18-13-,21-11-,23-22+/t27-,30+,31-,32-,33+,34-,35-,36-,37+/m0/s1. The molecule has 2 aromatic heterocycles. The Bertz CT molecular complexity index is 1840. The summed E-state index contributed by atoms with van der Waals surface area (Å²) in [5.41, 5.74) is -1.68. The fourth-order valence-corrected chi connectivity index (χ4v) is 6.10. The molecule has 0 radical (unpaired) electrons. The minimum Gasteiger partial charge on any atom is -0.457 e. The van der Waals surface area contributed by atoms with Crippen molar-refractivity contribution in [3.8, 4) is 0 Å². The number of carbonyl (C=O) groups is 2. The molecule has 5 rings (SSSR count). The average molecular weight is 775 g/mol. The van der Waals surface area contributed by atoms with Crippen LogP contribution < -0.4 is 0 Å². The molecule has 0 saturated carbocycles. The van der Waals surface area contributed by atoms with E-state index in [9.17, 15) is 19.8 Å². The van der Waals surface area contributed by atoms with Crippen molar-refractivity contribution in [2.24, 2.45) is 10.8 Å². The van der Waals surface area contributed by atoms with Crippen molar-refractivity contribution < 1.29 is 52.3 Å². The number of aromatic nitrogens is 2. The highest BCUT2D eigenvalue weighted by atomic mass is 16.6. The van der Waals surface area contributed by atoms with Gasteiger partial charge in [0.1, 0.15) is 49.2 Å². The van der Waals surface area contributed by atoms with Crippen LogP contribution in [0.5, 0.6) is 0 Å². The molecule has 4 bridgehead atoms. The lowest BCUT2D eigenvalue weighted by Crippen LogP contribution is -2.42. The van der Waals surface area contributed by atoms with Crippen molar-refractivity contribution in [1.82, 2.24) is 9.97 Å². The van der Waals surface area contributed by atoms with E-state index in [0.29, 0.717) is 12.8 Å². The highest BCUT2D eigenvalue weighted by Crippen LogP contribution is 2.35. The molecule has 13 nitrogen and oxygen atoms in total. The predicted octanol–water partition coefficient (Wildman–Crippen LogP) is 6.46. The Kier molecular flexibility index (Phi) is 14.4. The summed E-state index contributed by atoms with van der Waals surface area (Å²) >= 11 is 0. The van der Waals surface area contributed by atoms with Crippen LogP contribution in [-0.2, 0) is 30.1 Å². The van der Waals surface area contributed by atoms with Crippen LogP contribution in [-0.4, -0.2) is 94.2 Å². The second-order valence-corrected chi connectivity index (χ2v) is 15.1. The maximum atomic E-state index is 13.4. The third kappa shape index (κ3) is 11.2. The number of hydrogen-bond acceptors (Lipinski definition) is 13. The van der Waals surface area contributed by atoms with Crippen molar-refractivity contribution in [2.75, 3.05) is 7.11 Å². The monoisotopic (exact) mass is 774 g/mol. The van der Waals surface area contributed by atoms with Crippen molar-refractivity contribution >= 4 is 18.0 Å². The van der Waals surface area contributed by atoms with Gasteiger partial charge in [-0.15, -0.1) is 0 Å². The molecule has 2 N–H and O–H groups in total. The highest BCUT2D eigenvalue weighted by Gasteiger charge is 2.41. The lowest BCUT2D eigenvalue weighted by Gasteiger charge is -2.36. The van der Waals surface area contributed by atoms with Gasteiger partial charge in [0.05, 0.1) is 24.7 Å². The number of nitrogens with zero attached hydrogens (tertiary/aromatic N) is 2.